The van der Waals surface area contributed by atoms with Gasteiger partial charge in [0.1, 0.15) is 0 Å². The van der Waals surface area contributed by atoms with Crippen molar-refractivity contribution in [1.82, 2.24) is 15.5 Å². The number of nitrogens with one attached hydrogen (secondary N) is 3. The van der Waals surface area contributed by atoms with Crippen molar-refractivity contribution in [3.63, 3.8) is 0 Å². The highest BCUT2D eigenvalue weighted by Gasteiger charge is 2.09. The monoisotopic (exact) mass is 609 g/mol. The molecule has 0 fully saturated rings. The molecule has 0 unspecified atom stereocenters. The highest BCUT2D eigenvalue weighted by molar-refractivity contribution is 5.77. The second kappa shape index (κ2) is 31.3. The first-order valence-corrected chi connectivity index (χ1v) is 18.0. The number of nitrogens with zero attached hydrogens (tertiary/aromatic N) is 1. The molecule has 0 aromatic heterocycles. The minimum absolute atomic E-state index is 0.0229. The van der Waals surface area contributed by atoms with Gasteiger partial charge in [-0.1, -0.05) is 96.8 Å². The largest absolute Gasteiger partial charge is 0.481 e. The molecule has 0 spiro atoms. The number of carbonyl (C=O) groups is 3. The number of hydrogen-bond donors (Lipinski definition) is 3. The molecule has 0 aliphatic rings. The van der Waals surface area contributed by atoms with Gasteiger partial charge in [0.25, 0.3) is 0 Å². The average molecular weight is 609 g/mol. The first kappa shape index (κ1) is 40.9. The molecular formula is C35H68N4O4. The van der Waals surface area contributed by atoms with E-state index < -0.39 is 0 Å². The zero-order valence-electron chi connectivity index (χ0n) is 28.4. The van der Waals surface area contributed by atoms with Crippen LogP contribution in [0.5, 0.6) is 0 Å². The van der Waals surface area contributed by atoms with Gasteiger partial charge in [-0.2, -0.15) is 0 Å². The van der Waals surface area contributed by atoms with Gasteiger partial charge in [-0.3, -0.25) is 19.8 Å². The van der Waals surface area contributed by atoms with Crippen LogP contribution < -0.4 is 10.6 Å². The molecule has 43 heavy (non-hydrogen) atoms. The second-order valence-electron chi connectivity index (χ2n) is 11.9. The van der Waals surface area contributed by atoms with Crippen LogP contribution in [0.25, 0.3) is 0 Å². The van der Waals surface area contributed by atoms with Crippen molar-refractivity contribution in [2.75, 3.05) is 32.8 Å². The van der Waals surface area contributed by atoms with Crippen molar-refractivity contribution in [3.8, 4) is 0 Å². The average Bonchev–Trinajstić information content (AvgIpc) is 3.00. The lowest BCUT2D eigenvalue weighted by Crippen LogP contribution is -2.30. The number of ether oxygens (including phenoxy) is 1. The number of hydrogen-bond acceptors (Lipinski definition) is 5. The number of rotatable bonds is 31. The highest BCUT2D eigenvalue weighted by Crippen LogP contribution is 2.14. The minimum atomic E-state index is -0.0455. The van der Waals surface area contributed by atoms with Crippen LogP contribution in [0.2, 0.25) is 0 Å². The zero-order chi connectivity index (χ0) is 31.8. The third kappa shape index (κ3) is 28.4. The van der Waals surface area contributed by atoms with Crippen LogP contribution in [-0.4, -0.2) is 61.3 Å². The molecule has 0 heterocycles. The van der Waals surface area contributed by atoms with Crippen LogP contribution in [0.3, 0.4) is 0 Å². The SMILES string of the molecule is CCCCCCCCCCCCCCCCCC(=N)OCCCC(=O)NCCCC(=O)NCCCCC(=O)N(CC)CC. The summed E-state index contributed by atoms with van der Waals surface area (Å²) in [5, 5.41) is 13.7. The van der Waals surface area contributed by atoms with Crippen LogP contribution in [0.15, 0.2) is 0 Å². The van der Waals surface area contributed by atoms with E-state index in [4.69, 9.17) is 10.1 Å². The molecule has 0 aromatic carbocycles. The Morgan fingerprint density at radius 3 is 1.49 bits per heavy atom. The normalized spacial score (nSPS) is 10.9. The van der Waals surface area contributed by atoms with Crippen LogP contribution in [-0.2, 0) is 19.1 Å². The number of amides is 3. The first-order valence-electron chi connectivity index (χ1n) is 18.0. The molecule has 3 amide bonds. The van der Waals surface area contributed by atoms with Gasteiger partial charge < -0.3 is 20.3 Å². The van der Waals surface area contributed by atoms with E-state index in [1.54, 1.807) is 0 Å². The van der Waals surface area contributed by atoms with Crippen molar-refractivity contribution in [1.29, 1.82) is 5.41 Å². The van der Waals surface area contributed by atoms with E-state index in [1.807, 2.05) is 18.7 Å². The summed E-state index contributed by atoms with van der Waals surface area (Å²) in [4.78, 5) is 37.7. The Morgan fingerprint density at radius 2 is 0.977 bits per heavy atom. The van der Waals surface area contributed by atoms with Gasteiger partial charge in [-0.05, 0) is 46.0 Å². The Labute approximate surface area is 264 Å². The van der Waals surface area contributed by atoms with Crippen molar-refractivity contribution >= 4 is 23.6 Å². The van der Waals surface area contributed by atoms with Crippen LogP contribution >= 0.6 is 0 Å². The maximum Gasteiger partial charge on any atom is 0.222 e. The molecule has 0 aromatic rings. The molecule has 252 valence electrons. The van der Waals surface area contributed by atoms with Gasteiger partial charge in [0.15, 0.2) is 5.90 Å². The molecule has 0 saturated carbocycles. The van der Waals surface area contributed by atoms with Gasteiger partial charge in [0.05, 0.1) is 6.61 Å². The molecule has 0 bridgehead atoms. The zero-order valence-corrected chi connectivity index (χ0v) is 28.4. The smallest absolute Gasteiger partial charge is 0.222 e. The molecule has 0 aliphatic carbocycles. The summed E-state index contributed by atoms with van der Waals surface area (Å²) in [5.41, 5.74) is 0. The Morgan fingerprint density at radius 1 is 0.535 bits per heavy atom. The van der Waals surface area contributed by atoms with E-state index in [9.17, 15) is 14.4 Å². The van der Waals surface area contributed by atoms with E-state index in [0.29, 0.717) is 64.1 Å². The highest BCUT2D eigenvalue weighted by atomic mass is 16.5. The predicted molar refractivity (Wildman–Crippen MR) is 179 cm³/mol. The Bertz CT molecular complexity index is 697. The Hall–Kier alpha value is -2.12. The Balaban J connectivity index is 3.45. The topological polar surface area (TPSA) is 112 Å². The third-order valence-corrected chi connectivity index (χ3v) is 7.99. The maximum absolute atomic E-state index is 12.0. The molecule has 8 heteroatoms. The fraction of sp³-hybridized carbons (Fsp3) is 0.886. The van der Waals surface area contributed by atoms with E-state index in [2.05, 4.69) is 17.6 Å². The molecule has 0 rings (SSSR count). The van der Waals surface area contributed by atoms with Crippen molar-refractivity contribution < 1.29 is 19.1 Å². The summed E-state index contributed by atoms with van der Waals surface area (Å²) >= 11 is 0. The predicted octanol–water partition coefficient (Wildman–Crippen LogP) is 8.07. The van der Waals surface area contributed by atoms with E-state index in [-0.39, 0.29) is 17.7 Å². The lowest BCUT2D eigenvalue weighted by molar-refractivity contribution is -0.131. The molecule has 0 radical (unpaired) electrons. The standard InChI is InChI=1S/C35H68N4O4/c1-4-7-8-9-10-11-12-13-14-15-16-17-18-19-20-25-32(36)43-31-24-27-34(41)38-30-23-26-33(40)37-29-22-21-28-35(42)39(5-2)6-3/h36H,4-31H2,1-3H3,(H,37,40)(H,38,41). The number of unbranched alkanes of at least 4 members (excludes halogenated alkanes) is 15. The van der Waals surface area contributed by atoms with E-state index >= 15 is 0 Å². The molecular weight excluding hydrogens is 540 g/mol. The first-order chi connectivity index (χ1) is 20.9. The van der Waals surface area contributed by atoms with Gasteiger partial charge in [0, 0.05) is 51.9 Å². The summed E-state index contributed by atoms with van der Waals surface area (Å²) < 4.78 is 5.49. The third-order valence-electron chi connectivity index (χ3n) is 7.99. The fourth-order valence-corrected chi connectivity index (χ4v) is 5.17. The second-order valence-corrected chi connectivity index (χ2v) is 11.9. The van der Waals surface area contributed by atoms with Crippen molar-refractivity contribution in [2.24, 2.45) is 0 Å². The van der Waals surface area contributed by atoms with Crippen LogP contribution in [0.4, 0.5) is 0 Å². The molecule has 0 atom stereocenters. The quantitative estimate of drug-likeness (QED) is 0.0420. The molecule has 0 aliphatic heterocycles. The molecule has 8 nitrogen and oxygen atoms in total. The van der Waals surface area contributed by atoms with Gasteiger partial charge >= 0.3 is 0 Å². The summed E-state index contributed by atoms with van der Waals surface area (Å²) in [5.74, 6) is 0.435. The van der Waals surface area contributed by atoms with Crippen molar-refractivity contribution in [2.45, 2.75) is 168 Å². The summed E-state index contributed by atoms with van der Waals surface area (Å²) in [6.45, 7) is 9.15. The lowest BCUT2D eigenvalue weighted by atomic mass is 10.0. The van der Waals surface area contributed by atoms with Crippen molar-refractivity contribution in [3.05, 3.63) is 0 Å². The summed E-state index contributed by atoms with van der Waals surface area (Å²) in [7, 11) is 0. The van der Waals surface area contributed by atoms with Gasteiger partial charge in [-0.15, -0.1) is 0 Å². The van der Waals surface area contributed by atoms with Crippen LogP contribution in [0.1, 0.15) is 168 Å². The molecule has 0 saturated heterocycles. The van der Waals surface area contributed by atoms with Gasteiger partial charge in [-0.25, -0.2) is 0 Å². The summed E-state index contributed by atoms with van der Waals surface area (Å²) in [6, 6.07) is 0. The fourth-order valence-electron chi connectivity index (χ4n) is 5.17. The van der Waals surface area contributed by atoms with Crippen LogP contribution in [0, 0.1) is 5.41 Å². The van der Waals surface area contributed by atoms with E-state index in [0.717, 1.165) is 38.8 Å². The minimum Gasteiger partial charge on any atom is -0.481 e. The Kier molecular flexibility index (Phi) is 29.8. The number of carbonyl (C=O) groups excluding carboxylic acids is 3. The molecule has 3 N–H and O–H groups in total. The van der Waals surface area contributed by atoms with Gasteiger partial charge in [0.2, 0.25) is 17.7 Å². The lowest BCUT2D eigenvalue weighted by Gasteiger charge is -2.18. The maximum atomic E-state index is 12.0. The van der Waals surface area contributed by atoms with E-state index in [1.165, 1.54) is 83.5 Å². The summed E-state index contributed by atoms with van der Waals surface area (Å²) in [6.07, 6.45) is 24.7.